The van der Waals surface area contributed by atoms with Crippen molar-refractivity contribution in [1.82, 2.24) is 10.2 Å². The Balaban J connectivity index is 2.34. The molecule has 0 aromatic rings. The van der Waals surface area contributed by atoms with Crippen molar-refractivity contribution in [1.29, 1.82) is 0 Å². The lowest BCUT2D eigenvalue weighted by Crippen LogP contribution is -2.47. The highest BCUT2D eigenvalue weighted by atomic mass is 16.5. The first kappa shape index (κ1) is 15.9. The number of hydrogen-bond donors (Lipinski definition) is 1. The standard InChI is InChI=1S/C15H32N2O/c1-6-16-13(2)15(3,4)12-17(5)10-14-8-7-9-18-11-14/h13-14,16H,6-12H2,1-5H3. The van der Waals surface area contributed by atoms with E-state index in [0.717, 1.165) is 32.2 Å². The molecule has 0 aromatic heterocycles. The molecule has 0 amide bonds. The van der Waals surface area contributed by atoms with Crippen LogP contribution in [0.15, 0.2) is 0 Å². The van der Waals surface area contributed by atoms with Crippen LogP contribution >= 0.6 is 0 Å². The van der Waals surface area contributed by atoms with Crippen molar-refractivity contribution >= 4 is 0 Å². The van der Waals surface area contributed by atoms with E-state index >= 15 is 0 Å². The van der Waals surface area contributed by atoms with Crippen LogP contribution in [0.3, 0.4) is 0 Å². The number of nitrogens with one attached hydrogen (secondary N) is 1. The Morgan fingerprint density at radius 2 is 2.17 bits per heavy atom. The van der Waals surface area contributed by atoms with Gasteiger partial charge in [-0.05, 0) is 44.7 Å². The monoisotopic (exact) mass is 256 g/mol. The van der Waals surface area contributed by atoms with Crippen LogP contribution in [0.1, 0.15) is 40.5 Å². The predicted molar refractivity (Wildman–Crippen MR) is 78.0 cm³/mol. The van der Waals surface area contributed by atoms with Gasteiger partial charge in [0.1, 0.15) is 0 Å². The van der Waals surface area contributed by atoms with E-state index in [1.807, 2.05) is 0 Å². The topological polar surface area (TPSA) is 24.5 Å². The second-order valence-corrected chi connectivity index (χ2v) is 6.55. The molecule has 0 aromatic carbocycles. The van der Waals surface area contributed by atoms with Crippen molar-refractivity contribution in [2.45, 2.75) is 46.6 Å². The third kappa shape index (κ3) is 5.25. The summed E-state index contributed by atoms with van der Waals surface area (Å²) in [7, 11) is 2.25. The van der Waals surface area contributed by atoms with Gasteiger partial charge in [-0.15, -0.1) is 0 Å². The van der Waals surface area contributed by atoms with Crippen LogP contribution in [0.25, 0.3) is 0 Å². The van der Waals surface area contributed by atoms with Gasteiger partial charge < -0.3 is 15.0 Å². The Kier molecular flexibility index (Phi) is 6.61. The van der Waals surface area contributed by atoms with E-state index in [4.69, 9.17) is 4.74 Å². The van der Waals surface area contributed by atoms with Crippen molar-refractivity contribution in [2.24, 2.45) is 11.3 Å². The Morgan fingerprint density at radius 1 is 1.44 bits per heavy atom. The largest absolute Gasteiger partial charge is 0.381 e. The maximum absolute atomic E-state index is 5.56. The lowest BCUT2D eigenvalue weighted by Gasteiger charge is -2.37. The van der Waals surface area contributed by atoms with Gasteiger partial charge >= 0.3 is 0 Å². The fourth-order valence-electron chi connectivity index (χ4n) is 2.87. The van der Waals surface area contributed by atoms with Crippen LogP contribution in [0.5, 0.6) is 0 Å². The second kappa shape index (κ2) is 7.46. The first-order valence-electron chi connectivity index (χ1n) is 7.45. The first-order chi connectivity index (χ1) is 8.45. The Labute approximate surface area is 113 Å². The van der Waals surface area contributed by atoms with Gasteiger partial charge in [-0.3, -0.25) is 0 Å². The van der Waals surface area contributed by atoms with E-state index in [2.05, 4.69) is 45.0 Å². The van der Waals surface area contributed by atoms with E-state index in [-0.39, 0.29) is 0 Å². The molecule has 0 saturated carbocycles. The molecule has 18 heavy (non-hydrogen) atoms. The van der Waals surface area contributed by atoms with E-state index in [0.29, 0.717) is 11.5 Å². The van der Waals surface area contributed by atoms with Gasteiger partial charge in [0.05, 0.1) is 6.61 Å². The molecule has 0 spiro atoms. The molecule has 1 rings (SSSR count). The van der Waals surface area contributed by atoms with Gasteiger partial charge in [0.2, 0.25) is 0 Å². The second-order valence-electron chi connectivity index (χ2n) is 6.55. The fourth-order valence-corrected chi connectivity index (χ4v) is 2.87. The molecule has 1 N–H and O–H groups in total. The predicted octanol–water partition coefficient (Wildman–Crippen LogP) is 2.37. The van der Waals surface area contributed by atoms with Gasteiger partial charge in [-0.2, -0.15) is 0 Å². The Hall–Kier alpha value is -0.120. The maximum atomic E-state index is 5.56. The van der Waals surface area contributed by atoms with Gasteiger partial charge in [0.25, 0.3) is 0 Å². The van der Waals surface area contributed by atoms with E-state index in [9.17, 15) is 0 Å². The van der Waals surface area contributed by atoms with Gasteiger partial charge in [-0.1, -0.05) is 20.8 Å². The van der Waals surface area contributed by atoms with E-state index in [1.54, 1.807) is 0 Å². The van der Waals surface area contributed by atoms with E-state index in [1.165, 1.54) is 19.4 Å². The summed E-state index contributed by atoms with van der Waals surface area (Å²) in [5.41, 5.74) is 0.306. The third-order valence-corrected chi connectivity index (χ3v) is 4.18. The molecule has 108 valence electrons. The van der Waals surface area contributed by atoms with Gasteiger partial charge in [-0.25, -0.2) is 0 Å². The van der Waals surface area contributed by atoms with Crippen LogP contribution in [0, 0.1) is 11.3 Å². The molecule has 3 heteroatoms. The quantitative estimate of drug-likeness (QED) is 0.757. The minimum absolute atomic E-state index is 0.306. The van der Waals surface area contributed by atoms with Crippen molar-refractivity contribution in [3.63, 3.8) is 0 Å². The average molecular weight is 256 g/mol. The Morgan fingerprint density at radius 3 is 2.72 bits per heavy atom. The summed E-state index contributed by atoms with van der Waals surface area (Å²) in [4.78, 5) is 2.48. The summed E-state index contributed by atoms with van der Waals surface area (Å²) < 4.78 is 5.56. The molecule has 1 heterocycles. The summed E-state index contributed by atoms with van der Waals surface area (Å²) in [5, 5.41) is 3.54. The van der Waals surface area contributed by atoms with Gasteiger partial charge in [0.15, 0.2) is 0 Å². The summed E-state index contributed by atoms with van der Waals surface area (Å²) in [6, 6.07) is 0.549. The normalized spacial score (nSPS) is 23.3. The molecule has 0 radical (unpaired) electrons. The van der Waals surface area contributed by atoms with Crippen LogP contribution in [-0.2, 0) is 4.74 Å². The molecule has 1 aliphatic heterocycles. The molecule has 3 nitrogen and oxygen atoms in total. The Bertz CT molecular complexity index is 225. The molecule has 1 saturated heterocycles. The number of rotatable bonds is 7. The zero-order valence-electron chi connectivity index (χ0n) is 13.0. The molecule has 1 fully saturated rings. The van der Waals surface area contributed by atoms with Crippen molar-refractivity contribution in [3.05, 3.63) is 0 Å². The number of hydrogen-bond acceptors (Lipinski definition) is 3. The zero-order chi connectivity index (χ0) is 13.6. The highest BCUT2D eigenvalue weighted by Gasteiger charge is 2.27. The number of nitrogens with zero attached hydrogens (tertiary/aromatic N) is 1. The lowest BCUT2D eigenvalue weighted by atomic mass is 9.84. The van der Waals surface area contributed by atoms with E-state index < -0.39 is 0 Å². The SMILES string of the molecule is CCNC(C)C(C)(C)CN(C)CC1CCCOC1. The smallest absolute Gasteiger partial charge is 0.0506 e. The summed E-state index contributed by atoms with van der Waals surface area (Å²) in [6.07, 6.45) is 2.56. The van der Waals surface area contributed by atoms with Crippen molar-refractivity contribution in [3.8, 4) is 0 Å². The third-order valence-electron chi connectivity index (χ3n) is 4.18. The molecule has 2 unspecified atom stereocenters. The molecule has 1 aliphatic rings. The van der Waals surface area contributed by atoms with Crippen LogP contribution < -0.4 is 5.32 Å². The minimum atomic E-state index is 0.306. The first-order valence-corrected chi connectivity index (χ1v) is 7.45. The maximum Gasteiger partial charge on any atom is 0.0506 e. The van der Waals surface area contributed by atoms with Crippen molar-refractivity contribution in [2.75, 3.05) is 39.9 Å². The zero-order valence-corrected chi connectivity index (χ0v) is 13.0. The summed E-state index contributed by atoms with van der Waals surface area (Å²) in [6.45, 7) is 14.4. The molecule has 2 atom stereocenters. The van der Waals surface area contributed by atoms with Crippen LogP contribution in [0.2, 0.25) is 0 Å². The lowest BCUT2D eigenvalue weighted by molar-refractivity contribution is 0.0354. The summed E-state index contributed by atoms with van der Waals surface area (Å²) in [5.74, 6) is 0.731. The van der Waals surface area contributed by atoms with Crippen LogP contribution in [0.4, 0.5) is 0 Å². The molecular weight excluding hydrogens is 224 g/mol. The van der Waals surface area contributed by atoms with Crippen molar-refractivity contribution < 1.29 is 4.74 Å². The average Bonchev–Trinajstić information content (AvgIpc) is 2.29. The molecule has 0 bridgehead atoms. The number of ether oxygens (including phenoxy) is 1. The van der Waals surface area contributed by atoms with Gasteiger partial charge in [0, 0.05) is 25.7 Å². The fraction of sp³-hybridized carbons (Fsp3) is 1.00. The highest BCUT2D eigenvalue weighted by Crippen LogP contribution is 2.23. The highest BCUT2D eigenvalue weighted by molar-refractivity contribution is 4.83. The summed E-state index contributed by atoms with van der Waals surface area (Å²) >= 11 is 0. The molecule has 0 aliphatic carbocycles. The molecular formula is C15H32N2O. The minimum Gasteiger partial charge on any atom is -0.381 e. The van der Waals surface area contributed by atoms with Crippen LogP contribution in [-0.4, -0.2) is 50.8 Å².